The highest BCUT2D eigenvalue weighted by atomic mass is 16.3. The number of phenolic OH excluding ortho intramolecular Hbond substituents is 1. The van der Waals surface area contributed by atoms with Gasteiger partial charge in [0.1, 0.15) is 17.8 Å². The van der Waals surface area contributed by atoms with Crippen LogP contribution < -0.4 is 22.1 Å². The van der Waals surface area contributed by atoms with E-state index in [4.69, 9.17) is 11.5 Å². The number of carbonyl (C=O) groups excluding carboxylic acids is 4. The summed E-state index contributed by atoms with van der Waals surface area (Å²) in [7, 11) is 0. The van der Waals surface area contributed by atoms with Gasteiger partial charge in [-0.1, -0.05) is 12.1 Å². The molecule has 1 aromatic rings. The van der Waals surface area contributed by atoms with Crippen molar-refractivity contribution in [1.82, 2.24) is 10.6 Å². The fourth-order valence-corrected chi connectivity index (χ4v) is 1.84. The quantitative estimate of drug-likeness (QED) is 0.325. The van der Waals surface area contributed by atoms with Gasteiger partial charge < -0.3 is 27.2 Å². The van der Waals surface area contributed by atoms with Crippen molar-refractivity contribution in [3.8, 4) is 5.75 Å². The van der Waals surface area contributed by atoms with Crippen LogP contribution in [0.5, 0.6) is 5.75 Å². The van der Waals surface area contributed by atoms with E-state index in [2.05, 4.69) is 5.32 Å². The van der Waals surface area contributed by atoms with Crippen LogP contribution in [-0.2, 0) is 25.6 Å². The smallest absolute Gasteiger partial charge is 0.309 e. The molecule has 1 rings (SSSR count). The van der Waals surface area contributed by atoms with E-state index in [1.54, 1.807) is 12.1 Å². The number of nitrogens with one attached hydrogen (secondary N) is 2. The maximum Gasteiger partial charge on any atom is 0.309 e. The van der Waals surface area contributed by atoms with E-state index < -0.39 is 36.2 Å². The van der Waals surface area contributed by atoms with Gasteiger partial charge >= 0.3 is 6.41 Å². The third-order valence-electron chi connectivity index (χ3n) is 2.99. The first-order chi connectivity index (χ1) is 10.8. The van der Waals surface area contributed by atoms with Gasteiger partial charge in [0.05, 0.1) is 6.42 Å². The third-order valence-corrected chi connectivity index (χ3v) is 2.99. The molecule has 1 aromatic carbocycles. The lowest BCUT2D eigenvalue weighted by Gasteiger charge is -2.19. The fourth-order valence-electron chi connectivity index (χ4n) is 1.84. The number of primary amides is 2. The first kappa shape index (κ1) is 18.0. The normalized spacial score (nSPS) is 12.7. The number of carbonyl (C=O) groups is 3. The number of hydrogen-bond acceptors (Lipinski definition) is 5. The first-order valence-corrected chi connectivity index (χ1v) is 6.62. The zero-order chi connectivity index (χ0) is 17.4. The van der Waals surface area contributed by atoms with Crippen LogP contribution >= 0.6 is 0 Å². The average molecular weight is 321 g/mol. The lowest BCUT2D eigenvalue weighted by molar-refractivity contribution is -0.130. The van der Waals surface area contributed by atoms with E-state index in [0.717, 1.165) is 0 Å². The maximum atomic E-state index is 12.0. The van der Waals surface area contributed by atoms with Gasteiger partial charge in [0.25, 0.3) is 0 Å². The van der Waals surface area contributed by atoms with Gasteiger partial charge in [-0.25, -0.2) is 0 Å². The van der Waals surface area contributed by atoms with Crippen molar-refractivity contribution in [2.45, 2.75) is 24.9 Å². The molecule has 23 heavy (non-hydrogen) atoms. The summed E-state index contributed by atoms with van der Waals surface area (Å²) in [5.41, 5.74) is 10.9. The number of rotatable bonds is 9. The largest absolute Gasteiger partial charge is 0.508 e. The second-order valence-electron chi connectivity index (χ2n) is 4.80. The Bertz CT molecular complexity index is 587. The van der Waals surface area contributed by atoms with Crippen LogP contribution in [0.15, 0.2) is 24.3 Å². The van der Waals surface area contributed by atoms with Crippen molar-refractivity contribution in [2.24, 2.45) is 11.5 Å². The van der Waals surface area contributed by atoms with Gasteiger partial charge in [-0.2, -0.15) is 0 Å². The Balaban J connectivity index is 2.78. The van der Waals surface area contributed by atoms with Gasteiger partial charge in [0.15, 0.2) is 0 Å². The molecule has 0 saturated heterocycles. The lowest BCUT2D eigenvalue weighted by atomic mass is 10.0. The number of benzene rings is 1. The predicted molar refractivity (Wildman–Crippen MR) is 79.4 cm³/mol. The summed E-state index contributed by atoms with van der Waals surface area (Å²) < 4.78 is 0. The van der Waals surface area contributed by atoms with Gasteiger partial charge in [-0.05, 0) is 17.7 Å². The highest BCUT2D eigenvalue weighted by molar-refractivity contribution is 5.92. The maximum absolute atomic E-state index is 12.0. The molecule has 0 saturated carbocycles. The molecule has 4 amide bonds. The predicted octanol–water partition coefficient (Wildman–Crippen LogP) is -2.19. The minimum atomic E-state index is -1.24. The summed E-state index contributed by atoms with van der Waals surface area (Å²) in [5.74, 6) is -2.32. The Kier molecular flexibility index (Phi) is 6.53. The molecular formula is C14H17N4O5. The van der Waals surface area contributed by atoms with Crippen LogP contribution in [0.4, 0.5) is 0 Å². The summed E-state index contributed by atoms with van der Waals surface area (Å²) in [4.78, 5) is 44.7. The fraction of sp³-hybridized carbons (Fsp3) is 0.286. The van der Waals surface area contributed by atoms with Crippen LogP contribution in [0.25, 0.3) is 0 Å². The van der Waals surface area contributed by atoms with Crippen LogP contribution in [0.3, 0.4) is 0 Å². The molecule has 9 heteroatoms. The van der Waals surface area contributed by atoms with E-state index in [0.29, 0.717) is 5.56 Å². The molecule has 0 unspecified atom stereocenters. The third kappa shape index (κ3) is 6.04. The summed E-state index contributed by atoms with van der Waals surface area (Å²) >= 11 is 0. The SMILES string of the molecule is NC(=O)C[C@H](N[C]=O)C(=O)N[C@@H](Cc1ccc(O)cc1)C(N)=O. The summed E-state index contributed by atoms with van der Waals surface area (Å²) in [6.07, 6.45) is 0.940. The lowest BCUT2D eigenvalue weighted by Crippen LogP contribution is -2.53. The Morgan fingerprint density at radius 1 is 1.13 bits per heavy atom. The zero-order valence-corrected chi connectivity index (χ0v) is 12.1. The molecule has 0 aliphatic heterocycles. The second-order valence-corrected chi connectivity index (χ2v) is 4.80. The molecule has 0 aromatic heterocycles. The molecule has 9 nitrogen and oxygen atoms in total. The van der Waals surface area contributed by atoms with E-state index in [1.165, 1.54) is 18.5 Å². The summed E-state index contributed by atoms with van der Waals surface area (Å²) in [6, 6.07) is 3.68. The Labute approximate surface area is 132 Å². The standard InChI is InChI=1S/C14H17N4O5/c15-12(21)6-11(17-7-19)14(23)18-10(13(16)22)5-8-1-3-9(20)4-2-8/h1-4,10-11,20H,5-6H2,(H2,15,21)(H2,16,22)(H,17,19)(H,18,23)/t10-,11-/m0/s1. The minimum Gasteiger partial charge on any atom is -0.508 e. The summed E-state index contributed by atoms with van der Waals surface area (Å²) in [5, 5.41) is 13.6. The molecule has 2 atom stereocenters. The zero-order valence-electron chi connectivity index (χ0n) is 12.1. The number of aromatic hydroxyl groups is 1. The Hall–Kier alpha value is -3.10. The van der Waals surface area contributed by atoms with Crippen LogP contribution in [0.2, 0.25) is 0 Å². The van der Waals surface area contributed by atoms with Crippen LogP contribution in [0.1, 0.15) is 12.0 Å². The van der Waals surface area contributed by atoms with Crippen molar-refractivity contribution in [3.63, 3.8) is 0 Å². The minimum absolute atomic E-state index is 0.0562. The second kappa shape index (κ2) is 8.37. The molecule has 0 bridgehead atoms. The molecule has 0 heterocycles. The van der Waals surface area contributed by atoms with E-state index >= 15 is 0 Å². The van der Waals surface area contributed by atoms with Gasteiger partial charge in [-0.15, -0.1) is 0 Å². The van der Waals surface area contributed by atoms with Crippen molar-refractivity contribution < 1.29 is 24.3 Å². The number of nitrogens with two attached hydrogens (primary N) is 2. The van der Waals surface area contributed by atoms with Crippen molar-refractivity contribution in [1.29, 1.82) is 0 Å². The van der Waals surface area contributed by atoms with Crippen molar-refractivity contribution >= 4 is 24.1 Å². The Morgan fingerprint density at radius 2 is 1.74 bits per heavy atom. The molecule has 123 valence electrons. The van der Waals surface area contributed by atoms with Gasteiger partial charge in [-0.3, -0.25) is 19.2 Å². The molecule has 0 aliphatic carbocycles. The molecule has 0 aliphatic rings. The molecule has 1 radical (unpaired) electrons. The highest BCUT2D eigenvalue weighted by Crippen LogP contribution is 2.11. The Morgan fingerprint density at radius 3 is 2.22 bits per heavy atom. The number of amides is 4. The topological polar surface area (TPSA) is 165 Å². The van der Waals surface area contributed by atoms with E-state index in [9.17, 15) is 24.3 Å². The molecule has 0 fully saturated rings. The molecule has 7 N–H and O–H groups in total. The number of hydrogen-bond donors (Lipinski definition) is 5. The van der Waals surface area contributed by atoms with Crippen molar-refractivity contribution in [3.05, 3.63) is 29.8 Å². The number of phenols is 1. The highest BCUT2D eigenvalue weighted by Gasteiger charge is 2.25. The van der Waals surface area contributed by atoms with Crippen LogP contribution in [-0.4, -0.2) is 41.3 Å². The average Bonchev–Trinajstić information content (AvgIpc) is 2.47. The van der Waals surface area contributed by atoms with Crippen LogP contribution in [0, 0.1) is 0 Å². The summed E-state index contributed by atoms with van der Waals surface area (Å²) in [6.45, 7) is 0. The first-order valence-electron chi connectivity index (χ1n) is 6.62. The van der Waals surface area contributed by atoms with Gasteiger partial charge in [0.2, 0.25) is 17.7 Å². The van der Waals surface area contributed by atoms with E-state index in [1.807, 2.05) is 5.32 Å². The molecular weight excluding hydrogens is 304 g/mol. The van der Waals surface area contributed by atoms with Crippen molar-refractivity contribution in [2.75, 3.05) is 0 Å². The van der Waals surface area contributed by atoms with Gasteiger partial charge in [0, 0.05) is 6.42 Å². The molecule has 0 spiro atoms. The monoisotopic (exact) mass is 321 g/mol. The van der Waals surface area contributed by atoms with E-state index in [-0.39, 0.29) is 12.2 Å².